The molecular formula is C20H21N3O2S2. The van der Waals surface area contributed by atoms with E-state index in [0.717, 1.165) is 39.4 Å². The first kappa shape index (κ1) is 18.3. The van der Waals surface area contributed by atoms with Gasteiger partial charge in [0.25, 0.3) is 0 Å². The molecule has 0 saturated heterocycles. The lowest BCUT2D eigenvalue weighted by Crippen LogP contribution is -2.28. The van der Waals surface area contributed by atoms with E-state index in [9.17, 15) is 4.79 Å². The average Bonchev–Trinajstić information content (AvgIpc) is 3.27. The highest BCUT2D eigenvalue weighted by molar-refractivity contribution is 8.00. The van der Waals surface area contributed by atoms with Gasteiger partial charge in [-0.05, 0) is 37.8 Å². The topological polar surface area (TPSA) is 64.1 Å². The molecule has 1 aliphatic carbocycles. The fraction of sp³-hybridized carbons (Fsp3) is 0.350. The average molecular weight is 400 g/mol. The Bertz CT molecular complexity index is 987. The summed E-state index contributed by atoms with van der Waals surface area (Å²) in [4.78, 5) is 23.8. The SMILES string of the molecule is COc1ccccc1C(C)NC(=O)CSc1ncnc2sc3c(c12)CCC3. The summed E-state index contributed by atoms with van der Waals surface area (Å²) in [6, 6.07) is 7.63. The number of ether oxygens (including phenoxy) is 1. The van der Waals surface area contributed by atoms with E-state index in [-0.39, 0.29) is 11.9 Å². The summed E-state index contributed by atoms with van der Waals surface area (Å²) in [5.41, 5.74) is 2.36. The van der Waals surface area contributed by atoms with E-state index >= 15 is 0 Å². The van der Waals surface area contributed by atoms with Crippen molar-refractivity contribution in [2.45, 2.75) is 37.3 Å². The first-order valence-electron chi connectivity index (χ1n) is 8.97. The first-order chi connectivity index (χ1) is 13.2. The number of aryl methyl sites for hydroxylation is 2. The molecule has 1 aliphatic rings. The minimum absolute atomic E-state index is 0.0166. The van der Waals surface area contributed by atoms with Gasteiger partial charge in [0.05, 0.1) is 18.9 Å². The highest BCUT2D eigenvalue weighted by atomic mass is 32.2. The molecular weight excluding hydrogens is 378 g/mol. The minimum Gasteiger partial charge on any atom is -0.496 e. The highest BCUT2D eigenvalue weighted by Crippen LogP contribution is 2.40. The number of methoxy groups -OCH3 is 1. The first-order valence-corrected chi connectivity index (χ1v) is 10.8. The second kappa shape index (κ2) is 7.86. The van der Waals surface area contributed by atoms with Crippen molar-refractivity contribution in [3.63, 3.8) is 0 Å². The molecule has 0 spiro atoms. The van der Waals surface area contributed by atoms with Gasteiger partial charge in [0, 0.05) is 15.8 Å². The van der Waals surface area contributed by atoms with Crippen LogP contribution in [0.5, 0.6) is 5.75 Å². The van der Waals surface area contributed by atoms with Crippen molar-refractivity contribution in [3.8, 4) is 5.75 Å². The van der Waals surface area contributed by atoms with E-state index in [0.29, 0.717) is 5.75 Å². The number of thiophene rings is 1. The van der Waals surface area contributed by atoms with Crippen LogP contribution in [0, 0.1) is 0 Å². The quantitative estimate of drug-likeness (QED) is 0.498. The summed E-state index contributed by atoms with van der Waals surface area (Å²) in [5, 5.41) is 5.13. The Morgan fingerprint density at radius 2 is 2.19 bits per heavy atom. The van der Waals surface area contributed by atoms with Crippen LogP contribution in [-0.2, 0) is 17.6 Å². The number of fused-ring (bicyclic) bond motifs is 3. The van der Waals surface area contributed by atoms with E-state index in [1.807, 2.05) is 31.2 Å². The number of benzene rings is 1. The summed E-state index contributed by atoms with van der Waals surface area (Å²) in [7, 11) is 1.64. The monoisotopic (exact) mass is 399 g/mol. The van der Waals surface area contributed by atoms with Crippen molar-refractivity contribution in [2.24, 2.45) is 0 Å². The third kappa shape index (κ3) is 3.66. The number of para-hydroxylation sites is 1. The van der Waals surface area contributed by atoms with Crippen molar-refractivity contribution in [1.82, 2.24) is 15.3 Å². The Kier molecular flexibility index (Phi) is 5.31. The largest absolute Gasteiger partial charge is 0.496 e. The van der Waals surface area contributed by atoms with Crippen molar-refractivity contribution >= 4 is 39.2 Å². The molecule has 27 heavy (non-hydrogen) atoms. The zero-order chi connectivity index (χ0) is 18.8. The third-order valence-electron chi connectivity index (χ3n) is 4.79. The maximum Gasteiger partial charge on any atom is 0.230 e. The zero-order valence-corrected chi connectivity index (χ0v) is 17.0. The number of hydrogen-bond donors (Lipinski definition) is 1. The van der Waals surface area contributed by atoms with E-state index in [1.165, 1.54) is 28.6 Å². The molecule has 0 saturated carbocycles. The molecule has 5 nitrogen and oxygen atoms in total. The normalized spacial score (nSPS) is 14.1. The molecule has 4 rings (SSSR count). The minimum atomic E-state index is -0.120. The summed E-state index contributed by atoms with van der Waals surface area (Å²) < 4.78 is 5.39. The molecule has 1 atom stereocenters. The summed E-state index contributed by atoms with van der Waals surface area (Å²) >= 11 is 3.26. The maximum absolute atomic E-state index is 12.5. The fourth-order valence-corrected chi connectivity index (χ4v) is 5.66. The molecule has 3 aromatic rings. The summed E-state index contributed by atoms with van der Waals surface area (Å²) in [5.74, 6) is 1.09. The molecule has 1 N–H and O–H groups in total. The van der Waals surface area contributed by atoms with Gasteiger partial charge < -0.3 is 10.1 Å². The lowest BCUT2D eigenvalue weighted by molar-refractivity contribution is -0.119. The van der Waals surface area contributed by atoms with Crippen LogP contribution in [0.15, 0.2) is 35.6 Å². The number of carbonyl (C=O) groups is 1. The van der Waals surface area contributed by atoms with E-state index < -0.39 is 0 Å². The van der Waals surface area contributed by atoms with Crippen LogP contribution in [0.3, 0.4) is 0 Å². The van der Waals surface area contributed by atoms with Crippen molar-refractivity contribution in [1.29, 1.82) is 0 Å². The van der Waals surface area contributed by atoms with Gasteiger partial charge in [-0.1, -0.05) is 30.0 Å². The second-order valence-corrected chi connectivity index (χ2v) is 8.58. The molecule has 0 bridgehead atoms. The fourth-order valence-electron chi connectivity index (χ4n) is 3.53. The van der Waals surface area contributed by atoms with Crippen LogP contribution in [0.4, 0.5) is 0 Å². The van der Waals surface area contributed by atoms with Gasteiger partial charge in [0.1, 0.15) is 21.9 Å². The molecule has 140 valence electrons. The van der Waals surface area contributed by atoms with Crippen LogP contribution in [0.2, 0.25) is 0 Å². The van der Waals surface area contributed by atoms with E-state index in [2.05, 4.69) is 15.3 Å². The number of thioether (sulfide) groups is 1. The van der Waals surface area contributed by atoms with Gasteiger partial charge in [-0.2, -0.15) is 0 Å². The van der Waals surface area contributed by atoms with Gasteiger partial charge in [-0.25, -0.2) is 9.97 Å². The predicted molar refractivity (Wildman–Crippen MR) is 110 cm³/mol. The second-order valence-electron chi connectivity index (χ2n) is 6.54. The van der Waals surface area contributed by atoms with Crippen LogP contribution in [0.1, 0.15) is 35.4 Å². The number of nitrogens with zero attached hydrogens (tertiary/aromatic N) is 2. The van der Waals surface area contributed by atoms with Crippen molar-refractivity contribution in [3.05, 3.63) is 46.6 Å². The molecule has 0 aliphatic heterocycles. The van der Waals surface area contributed by atoms with Gasteiger partial charge in [-0.15, -0.1) is 11.3 Å². The standard InChI is InChI=1S/C20H21N3O2S2/c1-12(13-6-3-4-8-15(13)25-2)23-17(24)10-26-19-18-14-7-5-9-16(14)27-20(18)22-11-21-19/h3-4,6,8,11-12H,5,7,9-10H2,1-2H3,(H,23,24). The Morgan fingerprint density at radius 3 is 3.04 bits per heavy atom. The molecule has 1 aromatic carbocycles. The van der Waals surface area contributed by atoms with E-state index in [4.69, 9.17) is 4.74 Å². The number of amides is 1. The van der Waals surface area contributed by atoms with E-state index in [1.54, 1.807) is 24.8 Å². The van der Waals surface area contributed by atoms with Crippen LogP contribution < -0.4 is 10.1 Å². The third-order valence-corrected chi connectivity index (χ3v) is 6.98. The van der Waals surface area contributed by atoms with Crippen LogP contribution in [-0.4, -0.2) is 28.7 Å². The number of carbonyl (C=O) groups excluding carboxylic acids is 1. The van der Waals surface area contributed by atoms with Gasteiger partial charge in [0.15, 0.2) is 0 Å². The van der Waals surface area contributed by atoms with Gasteiger partial charge in [-0.3, -0.25) is 4.79 Å². The van der Waals surface area contributed by atoms with Crippen LogP contribution >= 0.6 is 23.1 Å². The number of hydrogen-bond acceptors (Lipinski definition) is 6. The molecule has 2 heterocycles. The Morgan fingerprint density at radius 1 is 1.33 bits per heavy atom. The van der Waals surface area contributed by atoms with Crippen molar-refractivity contribution < 1.29 is 9.53 Å². The summed E-state index contributed by atoms with van der Waals surface area (Å²) in [6.45, 7) is 1.97. The smallest absolute Gasteiger partial charge is 0.230 e. The van der Waals surface area contributed by atoms with Gasteiger partial charge >= 0.3 is 0 Å². The van der Waals surface area contributed by atoms with Crippen LogP contribution in [0.25, 0.3) is 10.2 Å². The lowest BCUT2D eigenvalue weighted by Gasteiger charge is -2.17. The molecule has 1 unspecified atom stereocenters. The number of nitrogens with one attached hydrogen (secondary N) is 1. The van der Waals surface area contributed by atoms with Gasteiger partial charge in [0.2, 0.25) is 5.91 Å². The highest BCUT2D eigenvalue weighted by Gasteiger charge is 2.22. The summed E-state index contributed by atoms with van der Waals surface area (Å²) in [6.07, 6.45) is 5.03. The van der Waals surface area contributed by atoms with Crippen molar-refractivity contribution in [2.75, 3.05) is 12.9 Å². The zero-order valence-electron chi connectivity index (χ0n) is 15.3. The Labute approximate surface area is 166 Å². The Balaban J connectivity index is 1.45. The lowest BCUT2D eigenvalue weighted by atomic mass is 10.1. The molecule has 0 fully saturated rings. The Hall–Kier alpha value is -2.12. The molecule has 7 heteroatoms. The predicted octanol–water partition coefficient (Wildman–Crippen LogP) is 4.16. The number of aromatic nitrogens is 2. The molecule has 2 aromatic heterocycles. The number of rotatable bonds is 6. The maximum atomic E-state index is 12.5. The molecule has 1 amide bonds. The molecule has 0 radical (unpaired) electrons.